The Hall–Kier alpha value is -2.42. The second-order valence-corrected chi connectivity index (χ2v) is 8.70. The third-order valence-electron chi connectivity index (χ3n) is 4.77. The van der Waals surface area contributed by atoms with Crippen LogP contribution in [-0.2, 0) is 14.8 Å². The number of urea groups is 1. The lowest BCUT2D eigenvalue weighted by atomic mass is 10.1. The van der Waals surface area contributed by atoms with Gasteiger partial charge in [0.1, 0.15) is 6.04 Å². The number of fused-ring (bicyclic) bond motifs is 1. The van der Waals surface area contributed by atoms with Crippen molar-refractivity contribution in [2.24, 2.45) is 0 Å². The predicted molar refractivity (Wildman–Crippen MR) is 100.0 cm³/mol. The van der Waals surface area contributed by atoms with Gasteiger partial charge < -0.3 is 5.32 Å². The lowest BCUT2D eigenvalue weighted by Crippen LogP contribution is -2.64. The summed E-state index contributed by atoms with van der Waals surface area (Å²) in [6.45, 7) is 0.148. The second-order valence-electron chi connectivity index (χ2n) is 6.37. The molecule has 1 N–H and O–H groups in total. The molecule has 140 valence electrons. The molecule has 2 aromatic carbocycles. The molecule has 2 atom stereocenters. The highest BCUT2D eigenvalue weighted by atomic mass is 35.5. The van der Waals surface area contributed by atoms with Gasteiger partial charge in [-0.1, -0.05) is 29.8 Å². The van der Waals surface area contributed by atoms with E-state index >= 15 is 0 Å². The SMILES string of the molecule is O=C1NC2CCN(S(=O)(=O)c3ccc(Cl)cc3)C2C(=O)N1c1ccccc1. The maximum absolute atomic E-state index is 13.1. The van der Waals surface area contributed by atoms with E-state index in [9.17, 15) is 18.0 Å². The van der Waals surface area contributed by atoms with Crippen LogP contribution in [0.1, 0.15) is 6.42 Å². The van der Waals surface area contributed by atoms with E-state index in [0.717, 1.165) is 4.90 Å². The van der Waals surface area contributed by atoms with Gasteiger partial charge in [0.15, 0.2) is 0 Å². The van der Waals surface area contributed by atoms with Crippen LogP contribution in [0.2, 0.25) is 5.02 Å². The van der Waals surface area contributed by atoms with Gasteiger partial charge in [-0.15, -0.1) is 0 Å². The van der Waals surface area contributed by atoms with Crippen molar-refractivity contribution >= 4 is 39.2 Å². The smallest absolute Gasteiger partial charge is 0.329 e. The van der Waals surface area contributed by atoms with E-state index in [4.69, 9.17) is 11.6 Å². The summed E-state index contributed by atoms with van der Waals surface area (Å²) in [5.74, 6) is -0.551. The van der Waals surface area contributed by atoms with Gasteiger partial charge in [-0.3, -0.25) is 4.79 Å². The minimum Gasteiger partial charge on any atom is -0.332 e. The lowest BCUT2D eigenvalue weighted by molar-refractivity contribution is -0.122. The summed E-state index contributed by atoms with van der Waals surface area (Å²) in [6.07, 6.45) is 0.373. The van der Waals surface area contributed by atoms with E-state index in [1.54, 1.807) is 30.3 Å². The largest absolute Gasteiger partial charge is 0.332 e. The van der Waals surface area contributed by atoms with Gasteiger partial charge in [-0.25, -0.2) is 18.1 Å². The quantitative estimate of drug-likeness (QED) is 0.848. The molecular formula is C18H16ClN3O4S. The molecule has 2 unspecified atom stereocenters. The molecule has 4 rings (SSSR count). The first-order valence-electron chi connectivity index (χ1n) is 8.36. The molecule has 0 saturated carbocycles. The number of hydrogen-bond donors (Lipinski definition) is 1. The predicted octanol–water partition coefficient (Wildman–Crippen LogP) is 2.23. The summed E-state index contributed by atoms with van der Waals surface area (Å²) in [7, 11) is -3.91. The zero-order valence-corrected chi connectivity index (χ0v) is 15.7. The number of nitrogens with zero attached hydrogens (tertiary/aromatic N) is 2. The van der Waals surface area contributed by atoms with Crippen LogP contribution < -0.4 is 10.2 Å². The number of nitrogens with one attached hydrogen (secondary N) is 1. The average molecular weight is 406 g/mol. The first-order valence-corrected chi connectivity index (χ1v) is 10.2. The Bertz CT molecular complexity index is 995. The highest BCUT2D eigenvalue weighted by Gasteiger charge is 2.52. The average Bonchev–Trinajstić information content (AvgIpc) is 3.08. The molecule has 0 bridgehead atoms. The van der Waals surface area contributed by atoms with Crippen molar-refractivity contribution in [2.75, 3.05) is 11.4 Å². The number of hydrogen-bond acceptors (Lipinski definition) is 4. The van der Waals surface area contributed by atoms with Gasteiger partial charge in [0.05, 0.1) is 16.6 Å². The molecule has 0 aliphatic carbocycles. The fraction of sp³-hybridized carbons (Fsp3) is 0.222. The normalized spacial score (nSPS) is 23.2. The fourth-order valence-corrected chi connectivity index (χ4v) is 5.26. The van der Waals surface area contributed by atoms with Crippen molar-refractivity contribution in [3.63, 3.8) is 0 Å². The molecule has 0 spiro atoms. The third-order valence-corrected chi connectivity index (χ3v) is 6.92. The summed E-state index contributed by atoms with van der Waals surface area (Å²) >= 11 is 5.84. The van der Waals surface area contributed by atoms with Gasteiger partial charge in [0.25, 0.3) is 5.91 Å². The molecule has 3 amide bonds. The fourth-order valence-electron chi connectivity index (χ4n) is 3.50. The van der Waals surface area contributed by atoms with Crippen molar-refractivity contribution in [3.05, 3.63) is 59.6 Å². The molecule has 9 heteroatoms. The molecule has 2 heterocycles. The molecule has 0 radical (unpaired) electrons. The number of amides is 3. The van der Waals surface area contributed by atoms with E-state index in [1.165, 1.54) is 28.6 Å². The van der Waals surface area contributed by atoms with Crippen molar-refractivity contribution in [1.82, 2.24) is 9.62 Å². The summed E-state index contributed by atoms with van der Waals surface area (Å²) in [5, 5.41) is 3.18. The Balaban J connectivity index is 1.70. The Labute approximate surface area is 161 Å². The Kier molecular flexibility index (Phi) is 4.41. The number of sulfonamides is 1. The zero-order chi connectivity index (χ0) is 19.2. The minimum atomic E-state index is -3.91. The molecule has 2 saturated heterocycles. The number of carbonyl (C=O) groups excluding carboxylic acids is 2. The van der Waals surface area contributed by atoms with E-state index in [2.05, 4.69) is 5.32 Å². The van der Waals surface area contributed by atoms with Gasteiger partial charge in [-0.2, -0.15) is 4.31 Å². The zero-order valence-electron chi connectivity index (χ0n) is 14.1. The maximum Gasteiger partial charge on any atom is 0.329 e. The first kappa shape index (κ1) is 18.0. The van der Waals surface area contributed by atoms with Crippen LogP contribution in [0, 0.1) is 0 Å². The number of rotatable bonds is 3. The number of halogens is 1. The van der Waals surface area contributed by atoms with E-state index in [0.29, 0.717) is 17.1 Å². The highest BCUT2D eigenvalue weighted by molar-refractivity contribution is 7.89. The number of carbonyl (C=O) groups is 2. The molecule has 2 aliphatic rings. The highest BCUT2D eigenvalue weighted by Crippen LogP contribution is 2.32. The Morgan fingerprint density at radius 3 is 2.33 bits per heavy atom. The molecule has 2 aromatic rings. The van der Waals surface area contributed by atoms with Gasteiger partial charge in [0.2, 0.25) is 10.0 Å². The number of imide groups is 1. The number of para-hydroxylation sites is 1. The van der Waals surface area contributed by atoms with Crippen LogP contribution in [0.4, 0.5) is 10.5 Å². The first-order chi connectivity index (χ1) is 12.9. The molecule has 2 fully saturated rings. The van der Waals surface area contributed by atoms with Crippen LogP contribution in [0.3, 0.4) is 0 Å². The van der Waals surface area contributed by atoms with E-state index in [-0.39, 0.29) is 11.4 Å². The minimum absolute atomic E-state index is 0.0588. The molecular weight excluding hydrogens is 390 g/mol. The van der Waals surface area contributed by atoms with E-state index < -0.39 is 34.0 Å². The second kappa shape index (κ2) is 6.63. The standard InChI is InChI=1S/C18H16ClN3O4S/c19-12-6-8-14(9-7-12)27(25,26)21-11-10-15-16(21)17(23)22(18(24)20-15)13-4-2-1-3-5-13/h1-9,15-16H,10-11H2,(H,20,24). The Morgan fingerprint density at radius 1 is 1.00 bits per heavy atom. The third kappa shape index (κ3) is 2.99. The summed E-state index contributed by atoms with van der Waals surface area (Å²) < 4.78 is 27.3. The molecule has 0 aromatic heterocycles. The summed E-state index contributed by atoms with van der Waals surface area (Å²) in [4.78, 5) is 26.6. The van der Waals surface area contributed by atoms with Gasteiger partial charge in [-0.05, 0) is 42.8 Å². The van der Waals surface area contributed by atoms with Crippen LogP contribution in [0.5, 0.6) is 0 Å². The molecule has 2 aliphatic heterocycles. The van der Waals surface area contributed by atoms with Gasteiger partial charge >= 0.3 is 6.03 Å². The van der Waals surface area contributed by atoms with E-state index in [1.807, 2.05) is 0 Å². The van der Waals surface area contributed by atoms with Crippen LogP contribution in [-0.4, -0.2) is 43.3 Å². The van der Waals surface area contributed by atoms with Crippen LogP contribution in [0.25, 0.3) is 0 Å². The van der Waals surface area contributed by atoms with Crippen LogP contribution in [0.15, 0.2) is 59.5 Å². The van der Waals surface area contributed by atoms with Crippen LogP contribution >= 0.6 is 11.6 Å². The summed E-state index contributed by atoms with van der Waals surface area (Å²) in [6, 6.07) is 12.2. The van der Waals surface area contributed by atoms with Crippen molar-refractivity contribution in [1.29, 1.82) is 0 Å². The number of anilines is 1. The summed E-state index contributed by atoms with van der Waals surface area (Å²) in [5.41, 5.74) is 0.397. The van der Waals surface area contributed by atoms with Crippen molar-refractivity contribution in [2.45, 2.75) is 23.4 Å². The molecule has 27 heavy (non-hydrogen) atoms. The number of benzene rings is 2. The maximum atomic E-state index is 13.1. The van der Waals surface area contributed by atoms with Gasteiger partial charge in [0, 0.05) is 11.6 Å². The topological polar surface area (TPSA) is 86.8 Å². The lowest BCUT2D eigenvalue weighted by Gasteiger charge is -2.36. The van der Waals surface area contributed by atoms with Crippen molar-refractivity contribution in [3.8, 4) is 0 Å². The van der Waals surface area contributed by atoms with Crippen molar-refractivity contribution < 1.29 is 18.0 Å². The Morgan fingerprint density at radius 2 is 1.67 bits per heavy atom. The monoisotopic (exact) mass is 405 g/mol. The molecule has 7 nitrogen and oxygen atoms in total.